The molecule has 4 rings (SSSR count). The number of aryl methyl sites for hydroxylation is 2. The van der Waals surface area contributed by atoms with Gasteiger partial charge in [0.15, 0.2) is 0 Å². The summed E-state index contributed by atoms with van der Waals surface area (Å²) in [5.41, 5.74) is 4.91. The third-order valence-electron chi connectivity index (χ3n) is 5.93. The van der Waals surface area contributed by atoms with Crippen LogP contribution in [0.2, 0.25) is 0 Å². The van der Waals surface area contributed by atoms with Crippen molar-refractivity contribution in [3.8, 4) is 23.2 Å². The van der Waals surface area contributed by atoms with Gasteiger partial charge in [0, 0.05) is 35.7 Å². The maximum atomic E-state index is 13.2. The maximum Gasteiger partial charge on any atom is 0.574 e. The van der Waals surface area contributed by atoms with E-state index in [0.717, 1.165) is 16.7 Å². The largest absolute Gasteiger partial charge is 0.574 e. The van der Waals surface area contributed by atoms with Crippen LogP contribution in [0.1, 0.15) is 44.1 Å². The first kappa shape index (κ1) is 22.4. The average molecular weight is 454 g/mol. The number of hydrogen-bond donors (Lipinski definition) is 1. The van der Waals surface area contributed by atoms with Crippen molar-refractivity contribution in [2.75, 3.05) is 13.1 Å². The van der Waals surface area contributed by atoms with E-state index in [-0.39, 0.29) is 17.4 Å². The second-order valence-corrected chi connectivity index (χ2v) is 8.20. The van der Waals surface area contributed by atoms with Gasteiger partial charge in [-0.3, -0.25) is 9.89 Å². The number of nitrogens with zero attached hydrogens (tertiary/aromatic N) is 3. The molecule has 1 fully saturated rings. The van der Waals surface area contributed by atoms with Crippen molar-refractivity contribution >= 4 is 5.91 Å². The molecule has 1 aliphatic heterocycles. The molecule has 3 aromatic rings. The summed E-state index contributed by atoms with van der Waals surface area (Å²) in [5, 5.41) is 15.2. The summed E-state index contributed by atoms with van der Waals surface area (Å²) >= 11 is 0. The molecule has 9 heteroatoms. The highest BCUT2D eigenvalue weighted by atomic mass is 19.4. The molecule has 1 aliphatic rings. The molecule has 2 aromatic carbocycles. The number of ether oxygens (including phenoxy) is 1. The lowest BCUT2D eigenvalue weighted by Crippen LogP contribution is -2.48. The number of carbonyl (C=O) groups is 1. The molecule has 0 spiro atoms. The zero-order chi connectivity index (χ0) is 23.9. The van der Waals surface area contributed by atoms with Gasteiger partial charge >= 0.3 is 6.36 Å². The number of nitrogens with one attached hydrogen (secondary N) is 1. The van der Waals surface area contributed by atoms with Crippen molar-refractivity contribution < 1.29 is 22.7 Å². The predicted molar refractivity (Wildman–Crippen MR) is 115 cm³/mol. The van der Waals surface area contributed by atoms with Crippen LogP contribution in [0.25, 0.3) is 11.3 Å². The number of hydrogen-bond acceptors (Lipinski definition) is 4. The molecule has 0 saturated carbocycles. The van der Waals surface area contributed by atoms with Gasteiger partial charge in [0.05, 0.1) is 17.3 Å². The number of likely N-dealkylation sites (tertiary alicyclic amines) is 1. The van der Waals surface area contributed by atoms with Crippen LogP contribution in [0, 0.1) is 32.1 Å². The van der Waals surface area contributed by atoms with Gasteiger partial charge in [0.1, 0.15) is 0 Å². The number of aromatic amines is 1. The Morgan fingerprint density at radius 3 is 2.42 bits per heavy atom. The Kier molecular flexibility index (Phi) is 5.62. The number of amides is 1. The molecule has 1 amide bonds. The van der Waals surface area contributed by atoms with Crippen LogP contribution in [-0.4, -0.2) is 40.5 Å². The van der Waals surface area contributed by atoms with Crippen LogP contribution >= 0.6 is 0 Å². The quantitative estimate of drug-likeness (QED) is 0.601. The Labute approximate surface area is 188 Å². The van der Waals surface area contributed by atoms with Crippen LogP contribution in [-0.2, 0) is 0 Å². The van der Waals surface area contributed by atoms with Gasteiger partial charge in [-0.15, -0.1) is 18.3 Å². The molecule has 6 nitrogen and oxygen atoms in total. The maximum absolute atomic E-state index is 13.2. The molecule has 0 radical (unpaired) electrons. The second-order valence-electron chi connectivity index (χ2n) is 8.20. The SMILES string of the molecule is Cc1cc(C)c(-c2[nH]nc(OC(F)(F)F)c2C)cc1C(=O)N1CC(c2ccc(C#N)cc2)C1. The minimum atomic E-state index is -4.84. The summed E-state index contributed by atoms with van der Waals surface area (Å²) in [6, 6.07) is 13.0. The van der Waals surface area contributed by atoms with Gasteiger partial charge in [-0.2, -0.15) is 5.26 Å². The molecular weight excluding hydrogens is 433 g/mol. The topological polar surface area (TPSA) is 82.0 Å². The molecule has 0 atom stereocenters. The minimum Gasteiger partial charge on any atom is -0.386 e. The van der Waals surface area contributed by atoms with E-state index in [1.807, 2.05) is 32.0 Å². The lowest BCUT2D eigenvalue weighted by molar-refractivity contribution is -0.276. The molecule has 1 N–H and O–H groups in total. The Balaban J connectivity index is 1.56. The van der Waals surface area contributed by atoms with E-state index in [2.05, 4.69) is 21.0 Å². The Bertz CT molecular complexity index is 1250. The van der Waals surface area contributed by atoms with E-state index < -0.39 is 12.2 Å². The van der Waals surface area contributed by atoms with E-state index in [0.29, 0.717) is 35.5 Å². The summed E-state index contributed by atoms with van der Waals surface area (Å²) in [6.45, 7) is 6.25. The summed E-state index contributed by atoms with van der Waals surface area (Å²) in [6.07, 6.45) is -4.84. The van der Waals surface area contributed by atoms with Crippen LogP contribution in [0.15, 0.2) is 36.4 Å². The van der Waals surface area contributed by atoms with Crippen molar-refractivity contribution in [3.63, 3.8) is 0 Å². The highest BCUT2D eigenvalue weighted by Gasteiger charge is 2.35. The van der Waals surface area contributed by atoms with Gasteiger partial charge in [0.25, 0.3) is 5.91 Å². The number of rotatable bonds is 4. The molecule has 33 heavy (non-hydrogen) atoms. The second kappa shape index (κ2) is 8.28. The third kappa shape index (κ3) is 4.42. The van der Waals surface area contributed by atoms with E-state index in [1.54, 1.807) is 23.1 Å². The molecule has 1 aromatic heterocycles. The van der Waals surface area contributed by atoms with Crippen molar-refractivity contribution in [2.24, 2.45) is 0 Å². The lowest BCUT2D eigenvalue weighted by atomic mass is 9.89. The van der Waals surface area contributed by atoms with Crippen LogP contribution in [0.3, 0.4) is 0 Å². The predicted octanol–water partition coefficient (Wildman–Crippen LogP) is 5.01. The first-order chi connectivity index (χ1) is 15.6. The van der Waals surface area contributed by atoms with E-state index in [9.17, 15) is 18.0 Å². The molecule has 1 saturated heterocycles. The standard InChI is InChI=1S/C24H21F3N4O2/c1-13-8-14(2)20(9-19(13)21-15(3)22(30-29-21)33-24(25,26)27)23(32)31-11-18(12-31)17-6-4-16(10-28)5-7-17/h4-9,18H,11-12H2,1-3H3,(H,29,30). The van der Waals surface area contributed by atoms with Crippen molar-refractivity contribution in [2.45, 2.75) is 33.1 Å². The van der Waals surface area contributed by atoms with E-state index in [4.69, 9.17) is 5.26 Å². The van der Waals surface area contributed by atoms with Crippen molar-refractivity contribution in [1.82, 2.24) is 15.1 Å². The third-order valence-corrected chi connectivity index (χ3v) is 5.93. The molecular formula is C24H21F3N4O2. The van der Waals surface area contributed by atoms with Gasteiger partial charge < -0.3 is 9.64 Å². The zero-order valence-corrected chi connectivity index (χ0v) is 18.2. The normalized spacial score (nSPS) is 14.0. The smallest absolute Gasteiger partial charge is 0.386 e. The van der Waals surface area contributed by atoms with Crippen molar-refractivity contribution in [3.05, 3.63) is 69.8 Å². The van der Waals surface area contributed by atoms with Gasteiger partial charge in [-0.1, -0.05) is 18.2 Å². The molecule has 0 unspecified atom stereocenters. The molecule has 0 bridgehead atoms. The molecule has 0 aliphatic carbocycles. The van der Waals surface area contributed by atoms with E-state index >= 15 is 0 Å². The summed E-state index contributed by atoms with van der Waals surface area (Å²) in [7, 11) is 0. The van der Waals surface area contributed by atoms with Crippen molar-refractivity contribution in [1.29, 1.82) is 5.26 Å². The Morgan fingerprint density at radius 2 is 1.82 bits per heavy atom. The number of H-pyrrole nitrogens is 1. The highest BCUT2D eigenvalue weighted by molar-refractivity contribution is 5.98. The number of carbonyl (C=O) groups excluding carboxylic acids is 1. The number of aromatic nitrogens is 2. The van der Waals surface area contributed by atoms with Crippen LogP contribution in [0.4, 0.5) is 13.2 Å². The Morgan fingerprint density at radius 1 is 1.15 bits per heavy atom. The van der Waals surface area contributed by atoms with Crippen LogP contribution in [0.5, 0.6) is 5.88 Å². The summed E-state index contributed by atoms with van der Waals surface area (Å²) < 4.78 is 41.8. The minimum absolute atomic E-state index is 0.137. The average Bonchev–Trinajstić information content (AvgIpc) is 3.06. The van der Waals surface area contributed by atoms with E-state index in [1.165, 1.54) is 6.92 Å². The number of nitriles is 1. The first-order valence-electron chi connectivity index (χ1n) is 10.3. The number of halogens is 3. The fraction of sp³-hybridized carbons (Fsp3) is 0.292. The molecule has 170 valence electrons. The van der Waals surface area contributed by atoms with Gasteiger partial charge in [-0.25, -0.2) is 0 Å². The van der Waals surface area contributed by atoms with Gasteiger partial charge in [0.2, 0.25) is 5.88 Å². The number of benzene rings is 2. The summed E-state index contributed by atoms with van der Waals surface area (Å²) in [4.78, 5) is 14.9. The monoisotopic (exact) mass is 454 g/mol. The van der Waals surface area contributed by atoms with Gasteiger partial charge in [-0.05, 0) is 55.7 Å². The van der Waals surface area contributed by atoms with Crippen LogP contribution < -0.4 is 4.74 Å². The number of alkyl halides is 3. The first-order valence-corrected chi connectivity index (χ1v) is 10.3. The molecule has 2 heterocycles. The lowest BCUT2D eigenvalue weighted by Gasteiger charge is -2.40. The summed E-state index contributed by atoms with van der Waals surface area (Å²) in [5.74, 6) is -0.482. The zero-order valence-electron chi connectivity index (χ0n) is 18.2. The highest BCUT2D eigenvalue weighted by Crippen LogP contribution is 2.35. The fourth-order valence-electron chi connectivity index (χ4n) is 4.06. The Hall–Kier alpha value is -3.80. The fourth-order valence-corrected chi connectivity index (χ4v) is 4.06.